The van der Waals surface area contributed by atoms with Gasteiger partial charge in [0.25, 0.3) is 0 Å². The summed E-state index contributed by atoms with van der Waals surface area (Å²) in [5.74, 6) is -1.96. The molecular weight excluding hydrogens is 438 g/mol. The average molecular weight is 468 g/mol. The summed E-state index contributed by atoms with van der Waals surface area (Å²) in [5, 5.41) is 23.5. The number of hydrogen-bond acceptors (Lipinski definition) is 6. The second-order valence-electron chi connectivity index (χ2n) is 8.49. The van der Waals surface area contributed by atoms with Crippen molar-refractivity contribution in [3.8, 4) is 0 Å². The number of thioether (sulfide) groups is 1. The van der Waals surface area contributed by atoms with Gasteiger partial charge in [-0.3, -0.25) is 4.79 Å². The molecule has 0 radical (unpaired) electrons. The van der Waals surface area contributed by atoms with Crippen molar-refractivity contribution in [2.24, 2.45) is 17.6 Å². The van der Waals surface area contributed by atoms with E-state index in [4.69, 9.17) is 5.73 Å². The van der Waals surface area contributed by atoms with Crippen LogP contribution in [-0.2, 0) is 16.0 Å². The quantitative estimate of drug-likeness (QED) is 0.452. The number of β-lactam (4-membered cyclic amide) rings is 1. The number of aliphatic hydroxyl groups excluding tert-OH is 1. The second-order valence-corrected chi connectivity index (χ2v) is 9.83. The molecule has 2 fully saturated rings. The maximum absolute atomic E-state index is 12.5. The molecule has 0 bridgehead atoms. The Morgan fingerprint density at radius 3 is 2.61 bits per heavy atom. The summed E-state index contributed by atoms with van der Waals surface area (Å²) in [6, 6.07) is 8.46. The van der Waals surface area contributed by atoms with Gasteiger partial charge < -0.3 is 26.2 Å². The van der Waals surface area contributed by atoms with Gasteiger partial charge >= 0.3 is 5.97 Å². The van der Waals surface area contributed by atoms with Gasteiger partial charge in [-0.1, -0.05) is 31.2 Å². The number of amides is 1. The molecule has 1 aromatic carbocycles. The fourth-order valence-corrected chi connectivity index (χ4v) is 6.47. The zero-order valence-electron chi connectivity index (χ0n) is 17.7. The number of fused-ring (bicyclic) bond motifs is 1. The number of benzene rings is 1. The van der Waals surface area contributed by atoms with Crippen LogP contribution in [0.2, 0.25) is 0 Å². The maximum atomic E-state index is 12.5. The Kier molecular flexibility index (Phi) is 7.38. The number of aliphatic carboxylic acids is 1. The lowest BCUT2D eigenvalue weighted by atomic mass is 9.79. The Bertz CT molecular complexity index is 876. The van der Waals surface area contributed by atoms with E-state index >= 15 is 0 Å². The van der Waals surface area contributed by atoms with Crippen LogP contribution in [0.5, 0.6) is 0 Å². The minimum Gasteiger partial charge on any atom is -0.477 e. The lowest BCUT2D eigenvalue weighted by molar-refractivity contribution is -0.163. The molecule has 0 unspecified atom stereocenters. The molecule has 6 atom stereocenters. The van der Waals surface area contributed by atoms with Crippen LogP contribution in [0.1, 0.15) is 37.4 Å². The summed E-state index contributed by atoms with van der Waals surface area (Å²) in [7, 11) is 0. The van der Waals surface area contributed by atoms with Gasteiger partial charge in [0.1, 0.15) is 5.70 Å². The lowest BCUT2D eigenvalue weighted by Crippen LogP contribution is -2.63. The number of carboxylic acids is 1. The third-order valence-electron chi connectivity index (χ3n) is 6.51. The molecule has 170 valence electrons. The van der Waals surface area contributed by atoms with Gasteiger partial charge in [-0.15, -0.1) is 24.2 Å². The van der Waals surface area contributed by atoms with Crippen LogP contribution in [0, 0.1) is 11.8 Å². The number of hydrogen-bond donors (Lipinski definition) is 4. The summed E-state index contributed by atoms with van der Waals surface area (Å²) < 4.78 is 0. The fourth-order valence-electron chi connectivity index (χ4n) is 4.99. The maximum Gasteiger partial charge on any atom is 0.353 e. The predicted octanol–water partition coefficient (Wildman–Crippen LogP) is 1.90. The van der Waals surface area contributed by atoms with E-state index in [2.05, 4.69) is 29.6 Å². The van der Waals surface area contributed by atoms with Crippen molar-refractivity contribution in [2.75, 3.05) is 13.1 Å². The van der Waals surface area contributed by atoms with Crippen LogP contribution in [-0.4, -0.2) is 57.5 Å². The third kappa shape index (κ3) is 4.24. The highest BCUT2D eigenvalue weighted by molar-refractivity contribution is 8.03. The highest BCUT2D eigenvalue weighted by Gasteiger charge is 2.60. The first-order valence-electron chi connectivity index (χ1n) is 10.5. The highest BCUT2D eigenvalue weighted by atomic mass is 35.5. The molecule has 7 nitrogen and oxygen atoms in total. The zero-order valence-corrected chi connectivity index (χ0v) is 19.3. The van der Waals surface area contributed by atoms with Crippen LogP contribution in [0.3, 0.4) is 0 Å². The van der Waals surface area contributed by atoms with Crippen molar-refractivity contribution >= 4 is 36.0 Å². The zero-order chi connectivity index (χ0) is 21.6. The van der Waals surface area contributed by atoms with Gasteiger partial charge in [0.05, 0.1) is 18.1 Å². The summed E-state index contributed by atoms with van der Waals surface area (Å²) in [6.45, 7) is 4.98. The van der Waals surface area contributed by atoms with Crippen LogP contribution in [0.4, 0.5) is 0 Å². The van der Waals surface area contributed by atoms with Crippen LogP contribution < -0.4 is 11.1 Å². The van der Waals surface area contributed by atoms with E-state index in [1.807, 2.05) is 6.92 Å². The molecule has 0 spiro atoms. The standard InChI is InChI=1S/C22H29N3O4S.ClH/c1-11-18-17(12(2)26)21(27)25(18)19(22(28)29)20(11)30-15-9-16(24-10-15)14-5-3-13(4-6-14)7-8-23;/h3-6,11-12,15-18,24,26H,7-10,23H2,1-2H3,(H,28,29);1H/t11-,12-,15+,16-,17-,18-;/m1./s1. The van der Waals surface area contributed by atoms with E-state index in [0.717, 1.165) is 24.3 Å². The Morgan fingerprint density at radius 1 is 1.35 bits per heavy atom. The van der Waals surface area contributed by atoms with Crippen molar-refractivity contribution in [1.29, 1.82) is 0 Å². The van der Waals surface area contributed by atoms with Gasteiger partial charge in [-0.2, -0.15) is 0 Å². The monoisotopic (exact) mass is 467 g/mol. The number of aliphatic hydroxyl groups is 1. The first kappa shape index (κ1) is 24.1. The number of carbonyl (C=O) groups is 2. The summed E-state index contributed by atoms with van der Waals surface area (Å²) in [6.07, 6.45) is 0.980. The van der Waals surface area contributed by atoms with E-state index in [9.17, 15) is 19.8 Å². The first-order chi connectivity index (χ1) is 14.3. The number of halogens is 1. The van der Waals surface area contributed by atoms with E-state index in [1.165, 1.54) is 16.0 Å². The smallest absolute Gasteiger partial charge is 0.353 e. The van der Waals surface area contributed by atoms with E-state index < -0.39 is 18.0 Å². The molecule has 3 aliphatic heterocycles. The third-order valence-corrected chi connectivity index (χ3v) is 8.02. The number of carboxylic acid groups (broad SMARTS) is 1. The van der Waals surface area contributed by atoms with Crippen LogP contribution in [0.25, 0.3) is 0 Å². The number of nitrogens with two attached hydrogens (primary N) is 1. The molecule has 2 saturated heterocycles. The second kappa shape index (κ2) is 9.50. The van der Waals surface area contributed by atoms with E-state index in [1.54, 1.807) is 18.7 Å². The normalized spacial score (nSPS) is 30.6. The van der Waals surface area contributed by atoms with E-state index in [0.29, 0.717) is 6.54 Å². The Morgan fingerprint density at radius 2 is 2.03 bits per heavy atom. The van der Waals surface area contributed by atoms with Crippen molar-refractivity contribution in [1.82, 2.24) is 10.2 Å². The molecule has 3 heterocycles. The lowest BCUT2D eigenvalue weighted by Gasteiger charge is -2.46. The molecule has 0 aliphatic carbocycles. The van der Waals surface area contributed by atoms with E-state index in [-0.39, 0.29) is 47.3 Å². The van der Waals surface area contributed by atoms with Crippen LogP contribution in [0.15, 0.2) is 34.9 Å². The molecule has 0 saturated carbocycles. The molecule has 3 aliphatic rings. The molecule has 4 rings (SSSR count). The molecular formula is C22H30ClN3O4S. The number of nitrogens with zero attached hydrogens (tertiary/aromatic N) is 1. The van der Waals surface area contributed by atoms with Gasteiger partial charge in [0.15, 0.2) is 0 Å². The van der Waals surface area contributed by atoms with Crippen molar-refractivity contribution < 1.29 is 19.8 Å². The molecule has 0 aromatic heterocycles. The van der Waals surface area contributed by atoms with Crippen LogP contribution >= 0.6 is 24.2 Å². The Hall–Kier alpha value is -1.58. The SMILES string of the molecule is C[C@@H](O)[C@H]1C(=O)N2C(C(=O)O)=C(S[C@@H]3CN[C@@H](c4ccc(CCN)cc4)C3)[C@H](C)[C@H]12.Cl. The molecule has 1 amide bonds. The highest BCUT2D eigenvalue weighted by Crippen LogP contribution is 2.52. The van der Waals surface area contributed by atoms with Crippen molar-refractivity contribution in [2.45, 2.75) is 50.1 Å². The summed E-state index contributed by atoms with van der Waals surface area (Å²) in [4.78, 5) is 26.6. The fraction of sp³-hybridized carbons (Fsp3) is 0.545. The van der Waals surface area contributed by atoms with Gasteiger partial charge in [-0.05, 0) is 37.4 Å². The predicted molar refractivity (Wildman–Crippen MR) is 123 cm³/mol. The number of carbonyl (C=O) groups excluding carboxylic acids is 1. The first-order valence-corrected chi connectivity index (χ1v) is 11.4. The average Bonchev–Trinajstić information content (AvgIpc) is 3.25. The largest absolute Gasteiger partial charge is 0.477 e. The van der Waals surface area contributed by atoms with Gasteiger partial charge in [0, 0.05) is 28.7 Å². The Labute approximate surface area is 192 Å². The molecule has 31 heavy (non-hydrogen) atoms. The molecule has 5 N–H and O–H groups in total. The number of nitrogens with one attached hydrogen (secondary N) is 1. The topological polar surface area (TPSA) is 116 Å². The van der Waals surface area contributed by atoms with Crippen molar-refractivity contribution in [3.63, 3.8) is 0 Å². The summed E-state index contributed by atoms with van der Waals surface area (Å²) in [5.41, 5.74) is 8.17. The van der Waals surface area contributed by atoms with Crippen molar-refractivity contribution in [3.05, 3.63) is 46.0 Å². The van der Waals surface area contributed by atoms with Gasteiger partial charge in [0.2, 0.25) is 5.91 Å². The molecule has 9 heteroatoms. The minimum absolute atomic E-state index is 0. The number of rotatable bonds is 7. The van der Waals surface area contributed by atoms with Gasteiger partial charge in [-0.25, -0.2) is 4.79 Å². The summed E-state index contributed by atoms with van der Waals surface area (Å²) >= 11 is 1.58. The Balaban J connectivity index is 0.00000272. The molecule has 1 aromatic rings. The minimum atomic E-state index is -1.07.